The fourth-order valence-electron chi connectivity index (χ4n) is 0.900. The Hall–Kier alpha value is -0.610. The molecule has 0 radical (unpaired) electrons. The van der Waals surface area contributed by atoms with Crippen LogP contribution in [0.4, 0.5) is 0 Å². The molecular formula is C11H24N2O2. The van der Waals surface area contributed by atoms with Crippen molar-refractivity contribution >= 4 is 5.97 Å². The zero-order valence-corrected chi connectivity index (χ0v) is 10.0. The van der Waals surface area contributed by atoms with Crippen LogP contribution in [-0.2, 0) is 4.79 Å². The van der Waals surface area contributed by atoms with Gasteiger partial charge in [0.25, 0.3) is 5.97 Å². The maximum absolute atomic E-state index is 9.00. The summed E-state index contributed by atoms with van der Waals surface area (Å²) in [5, 5.41) is 14.2. The number of nitrogens with one attached hydrogen (secondary N) is 2. The highest BCUT2D eigenvalue weighted by atomic mass is 16.4. The molecule has 0 aromatic rings. The van der Waals surface area contributed by atoms with E-state index in [2.05, 4.69) is 24.5 Å². The fraction of sp³-hybridized carbons (Fsp3) is 0.909. The molecule has 1 aliphatic heterocycles. The lowest BCUT2D eigenvalue weighted by Crippen LogP contribution is -2.51. The average Bonchev–Trinajstić information content (AvgIpc) is 2.95. The summed E-state index contributed by atoms with van der Waals surface area (Å²) >= 11 is 0. The highest BCUT2D eigenvalue weighted by Gasteiger charge is 2.10. The van der Waals surface area contributed by atoms with Crippen LogP contribution in [0.2, 0.25) is 0 Å². The molecule has 0 aromatic carbocycles. The van der Waals surface area contributed by atoms with E-state index < -0.39 is 5.97 Å². The second kappa shape index (κ2) is 8.68. The van der Waals surface area contributed by atoms with Crippen LogP contribution in [0.25, 0.3) is 0 Å². The van der Waals surface area contributed by atoms with Gasteiger partial charge in [-0.25, -0.2) is 0 Å². The number of hydrogen-bond donors (Lipinski definition) is 3. The van der Waals surface area contributed by atoms with E-state index in [4.69, 9.17) is 9.90 Å². The predicted octanol–water partition coefficient (Wildman–Crippen LogP) is 1.22. The van der Waals surface area contributed by atoms with Crippen molar-refractivity contribution in [3.8, 4) is 0 Å². The third-order valence-electron chi connectivity index (χ3n) is 1.90. The van der Waals surface area contributed by atoms with Crippen molar-refractivity contribution in [3.63, 3.8) is 0 Å². The van der Waals surface area contributed by atoms with Gasteiger partial charge < -0.3 is 15.7 Å². The molecule has 4 nitrogen and oxygen atoms in total. The summed E-state index contributed by atoms with van der Waals surface area (Å²) in [6, 6.07) is 1.32. The van der Waals surface area contributed by atoms with Crippen LogP contribution in [-0.4, -0.2) is 36.2 Å². The zero-order valence-electron chi connectivity index (χ0n) is 10.0. The minimum atomic E-state index is -0.833. The summed E-state index contributed by atoms with van der Waals surface area (Å²) in [7, 11) is 0. The predicted molar refractivity (Wildman–Crippen MR) is 62.1 cm³/mol. The van der Waals surface area contributed by atoms with Crippen molar-refractivity contribution in [2.24, 2.45) is 0 Å². The molecule has 1 aliphatic carbocycles. The van der Waals surface area contributed by atoms with Gasteiger partial charge in [0, 0.05) is 32.1 Å². The smallest absolute Gasteiger partial charge is 0.300 e. The Balaban J connectivity index is 0.000000233. The van der Waals surface area contributed by atoms with Crippen LogP contribution in [0.3, 0.4) is 0 Å². The monoisotopic (exact) mass is 216 g/mol. The molecule has 15 heavy (non-hydrogen) atoms. The van der Waals surface area contributed by atoms with E-state index in [1.54, 1.807) is 0 Å². The van der Waals surface area contributed by atoms with E-state index in [9.17, 15) is 0 Å². The fourth-order valence-corrected chi connectivity index (χ4v) is 0.900. The largest absolute Gasteiger partial charge is 0.481 e. The molecule has 4 heteroatoms. The summed E-state index contributed by atoms with van der Waals surface area (Å²) in [6.07, 6.45) is 4.50. The number of carbonyl (C=O) groups is 1. The molecule has 1 saturated heterocycles. The van der Waals surface area contributed by atoms with Gasteiger partial charge in [0.2, 0.25) is 0 Å². The van der Waals surface area contributed by atoms with E-state index in [0.29, 0.717) is 12.1 Å². The SMILES string of the molecule is C1CC1.CC(=O)O.C[C@@H]1CN[C@@H](C)CN1. The second-order valence-electron chi connectivity index (χ2n) is 4.20. The molecular weight excluding hydrogens is 192 g/mol. The van der Waals surface area contributed by atoms with E-state index in [0.717, 1.165) is 20.0 Å². The Morgan fingerprint density at radius 1 is 1.07 bits per heavy atom. The molecule has 2 atom stereocenters. The quantitative estimate of drug-likeness (QED) is 0.570. The first-order valence-electron chi connectivity index (χ1n) is 5.68. The molecule has 1 heterocycles. The summed E-state index contributed by atoms with van der Waals surface area (Å²) in [5.41, 5.74) is 0. The molecule has 0 unspecified atom stereocenters. The topological polar surface area (TPSA) is 61.4 Å². The highest BCUT2D eigenvalue weighted by Crippen LogP contribution is 2.14. The van der Waals surface area contributed by atoms with Crippen molar-refractivity contribution < 1.29 is 9.90 Å². The maximum Gasteiger partial charge on any atom is 0.300 e. The first kappa shape index (κ1) is 14.4. The van der Waals surface area contributed by atoms with Crippen LogP contribution in [0.5, 0.6) is 0 Å². The molecule has 2 aliphatic rings. The first-order chi connectivity index (χ1) is 7.02. The standard InChI is InChI=1S/C6H14N2.C3H6.C2H4O2/c1-5-3-8-6(2)4-7-5;1-2-3-1;1-2(3)4/h5-8H,3-4H2,1-2H3;1-3H2;1H3,(H,3,4)/t5-,6+;;. The molecule has 0 spiro atoms. The van der Waals surface area contributed by atoms with Crippen molar-refractivity contribution in [2.75, 3.05) is 13.1 Å². The Kier molecular flexibility index (Phi) is 8.33. The van der Waals surface area contributed by atoms with Gasteiger partial charge in [-0.2, -0.15) is 0 Å². The van der Waals surface area contributed by atoms with Crippen LogP contribution in [0.15, 0.2) is 0 Å². The van der Waals surface area contributed by atoms with E-state index >= 15 is 0 Å². The lowest BCUT2D eigenvalue weighted by Gasteiger charge is -2.26. The van der Waals surface area contributed by atoms with Gasteiger partial charge in [-0.05, 0) is 13.8 Å². The summed E-state index contributed by atoms with van der Waals surface area (Å²) < 4.78 is 0. The second-order valence-corrected chi connectivity index (χ2v) is 4.20. The normalized spacial score (nSPS) is 27.7. The van der Waals surface area contributed by atoms with Crippen LogP contribution >= 0.6 is 0 Å². The average molecular weight is 216 g/mol. The summed E-state index contributed by atoms with van der Waals surface area (Å²) in [5.74, 6) is -0.833. The molecule has 90 valence electrons. The van der Waals surface area contributed by atoms with Crippen molar-refractivity contribution in [2.45, 2.75) is 52.1 Å². The van der Waals surface area contributed by atoms with Gasteiger partial charge in [-0.1, -0.05) is 19.3 Å². The number of piperazine rings is 1. The Labute approximate surface area is 92.4 Å². The zero-order chi connectivity index (χ0) is 11.7. The highest BCUT2D eigenvalue weighted by molar-refractivity contribution is 5.62. The third-order valence-corrected chi connectivity index (χ3v) is 1.90. The molecule has 0 amide bonds. The Morgan fingerprint density at radius 3 is 1.47 bits per heavy atom. The number of carboxylic acids is 1. The van der Waals surface area contributed by atoms with E-state index in [-0.39, 0.29) is 0 Å². The minimum Gasteiger partial charge on any atom is -0.481 e. The van der Waals surface area contributed by atoms with Gasteiger partial charge in [0.05, 0.1) is 0 Å². The van der Waals surface area contributed by atoms with Crippen molar-refractivity contribution in [1.29, 1.82) is 0 Å². The lowest BCUT2D eigenvalue weighted by molar-refractivity contribution is -0.134. The van der Waals surface area contributed by atoms with Crippen LogP contribution < -0.4 is 10.6 Å². The molecule has 2 rings (SSSR count). The Morgan fingerprint density at radius 2 is 1.33 bits per heavy atom. The van der Waals surface area contributed by atoms with Gasteiger partial charge >= 0.3 is 0 Å². The molecule has 3 N–H and O–H groups in total. The van der Waals surface area contributed by atoms with Gasteiger partial charge in [-0.3, -0.25) is 4.79 Å². The number of aliphatic carboxylic acids is 1. The minimum absolute atomic E-state index is 0.659. The van der Waals surface area contributed by atoms with Crippen molar-refractivity contribution in [1.82, 2.24) is 10.6 Å². The number of hydrogen-bond acceptors (Lipinski definition) is 3. The molecule has 1 saturated carbocycles. The maximum atomic E-state index is 9.00. The molecule has 0 aromatic heterocycles. The lowest BCUT2D eigenvalue weighted by atomic mass is 10.2. The molecule has 0 bridgehead atoms. The summed E-state index contributed by atoms with van der Waals surface area (Å²) in [4.78, 5) is 9.00. The van der Waals surface area contributed by atoms with Crippen LogP contribution in [0, 0.1) is 0 Å². The van der Waals surface area contributed by atoms with Gasteiger partial charge in [0.15, 0.2) is 0 Å². The number of carboxylic acid groups (broad SMARTS) is 1. The molecule has 2 fully saturated rings. The Bertz CT molecular complexity index is 147. The third kappa shape index (κ3) is 16.1. The van der Waals surface area contributed by atoms with Gasteiger partial charge in [-0.15, -0.1) is 0 Å². The first-order valence-corrected chi connectivity index (χ1v) is 5.68. The van der Waals surface area contributed by atoms with E-state index in [1.807, 2.05) is 0 Å². The van der Waals surface area contributed by atoms with Crippen molar-refractivity contribution in [3.05, 3.63) is 0 Å². The summed E-state index contributed by atoms with van der Waals surface area (Å²) in [6.45, 7) is 7.69. The van der Waals surface area contributed by atoms with Crippen LogP contribution in [0.1, 0.15) is 40.0 Å². The number of rotatable bonds is 0. The van der Waals surface area contributed by atoms with Gasteiger partial charge in [0.1, 0.15) is 0 Å². The van der Waals surface area contributed by atoms with E-state index in [1.165, 1.54) is 19.3 Å².